The molecule has 0 radical (unpaired) electrons. The summed E-state index contributed by atoms with van der Waals surface area (Å²) >= 11 is 0. The number of hydrogen-bond acceptors (Lipinski definition) is 3. The highest BCUT2D eigenvalue weighted by Crippen LogP contribution is 2.19. The normalized spacial score (nSPS) is 14.8. The molecule has 136 valence electrons. The second-order valence-corrected chi connectivity index (χ2v) is 6.59. The van der Waals surface area contributed by atoms with Gasteiger partial charge >= 0.3 is 0 Å². The molecule has 0 saturated carbocycles. The second kappa shape index (κ2) is 8.04. The predicted molar refractivity (Wildman–Crippen MR) is 101 cm³/mol. The van der Waals surface area contributed by atoms with Gasteiger partial charge in [-0.1, -0.05) is 18.2 Å². The maximum Gasteiger partial charge on any atom is 0.265 e. The first-order valence-electron chi connectivity index (χ1n) is 8.97. The third kappa shape index (κ3) is 4.23. The molecule has 0 unspecified atom stereocenters. The van der Waals surface area contributed by atoms with E-state index >= 15 is 0 Å². The number of carbonyl (C=O) groups is 2. The fourth-order valence-corrected chi connectivity index (χ4v) is 2.98. The molecule has 0 spiro atoms. The maximum atomic E-state index is 12.3. The molecule has 1 N–H and O–H groups in total. The van der Waals surface area contributed by atoms with Crippen LogP contribution in [0.15, 0.2) is 48.5 Å². The molecule has 5 heteroatoms. The van der Waals surface area contributed by atoms with Crippen LogP contribution in [0.4, 0.5) is 5.69 Å². The first-order chi connectivity index (χ1) is 12.5. The molecule has 1 atom stereocenters. The van der Waals surface area contributed by atoms with E-state index in [1.807, 2.05) is 36.1 Å². The van der Waals surface area contributed by atoms with E-state index < -0.39 is 6.10 Å². The van der Waals surface area contributed by atoms with E-state index in [1.165, 1.54) is 0 Å². The van der Waals surface area contributed by atoms with Gasteiger partial charge in [0.1, 0.15) is 5.75 Å². The lowest BCUT2D eigenvalue weighted by atomic mass is 10.2. The van der Waals surface area contributed by atoms with E-state index in [2.05, 4.69) is 5.32 Å². The lowest BCUT2D eigenvalue weighted by Crippen LogP contribution is -2.30. The summed E-state index contributed by atoms with van der Waals surface area (Å²) in [7, 11) is 0. The van der Waals surface area contributed by atoms with Gasteiger partial charge in [0.05, 0.1) is 0 Å². The van der Waals surface area contributed by atoms with Crippen LogP contribution in [0, 0.1) is 6.92 Å². The molecule has 5 nitrogen and oxygen atoms in total. The molecular formula is C21H24N2O3. The summed E-state index contributed by atoms with van der Waals surface area (Å²) in [6.45, 7) is 5.30. The van der Waals surface area contributed by atoms with Gasteiger partial charge < -0.3 is 15.0 Å². The van der Waals surface area contributed by atoms with Crippen molar-refractivity contribution < 1.29 is 14.3 Å². The fourth-order valence-electron chi connectivity index (χ4n) is 2.98. The monoisotopic (exact) mass is 352 g/mol. The minimum Gasteiger partial charge on any atom is -0.481 e. The summed E-state index contributed by atoms with van der Waals surface area (Å²) in [6.07, 6.45) is 1.51. The van der Waals surface area contributed by atoms with Crippen LogP contribution in [0.1, 0.15) is 35.7 Å². The van der Waals surface area contributed by atoms with Crippen molar-refractivity contribution in [3.05, 3.63) is 59.7 Å². The molecule has 26 heavy (non-hydrogen) atoms. The van der Waals surface area contributed by atoms with E-state index in [9.17, 15) is 9.59 Å². The number of benzene rings is 2. The van der Waals surface area contributed by atoms with Crippen molar-refractivity contribution >= 4 is 17.5 Å². The molecule has 2 amide bonds. The van der Waals surface area contributed by atoms with Crippen molar-refractivity contribution in [2.24, 2.45) is 0 Å². The molecule has 1 aliphatic rings. The van der Waals surface area contributed by atoms with Crippen LogP contribution in [-0.4, -0.2) is 35.9 Å². The van der Waals surface area contributed by atoms with Gasteiger partial charge in [0.2, 0.25) is 0 Å². The highest BCUT2D eigenvalue weighted by atomic mass is 16.5. The minimum absolute atomic E-state index is 0.0524. The molecule has 1 heterocycles. The third-order valence-electron chi connectivity index (χ3n) is 4.56. The van der Waals surface area contributed by atoms with Gasteiger partial charge in [-0.25, -0.2) is 0 Å². The SMILES string of the molecule is Cc1ccccc1O[C@@H](C)C(=O)Nc1ccc(C(=O)N2CCCC2)cc1. The number of anilines is 1. The number of para-hydroxylation sites is 1. The molecule has 3 rings (SSSR count). The number of ether oxygens (including phenoxy) is 1. The van der Waals surface area contributed by atoms with Crippen molar-refractivity contribution in [2.45, 2.75) is 32.8 Å². The van der Waals surface area contributed by atoms with E-state index in [1.54, 1.807) is 31.2 Å². The van der Waals surface area contributed by atoms with Gasteiger partial charge in [0.25, 0.3) is 11.8 Å². The van der Waals surface area contributed by atoms with Gasteiger partial charge in [-0.15, -0.1) is 0 Å². The Labute approximate surface area is 154 Å². The second-order valence-electron chi connectivity index (χ2n) is 6.59. The maximum absolute atomic E-state index is 12.3. The zero-order valence-electron chi connectivity index (χ0n) is 15.2. The summed E-state index contributed by atoms with van der Waals surface area (Å²) in [5.41, 5.74) is 2.28. The summed E-state index contributed by atoms with van der Waals surface area (Å²) in [6, 6.07) is 14.6. The van der Waals surface area contributed by atoms with Gasteiger partial charge in [-0.05, 0) is 62.6 Å². The largest absolute Gasteiger partial charge is 0.481 e. The summed E-state index contributed by atoms with van der Waals surface area (Å²) in [5, 5.41) is 2.83. The molecule has 2 aromatic rings. The quantitative estimate of drug-likeness (QED) is 0.894. The minimum atomic E-state index is -0.623. The van der Waals surface area contributed by atoms with Crippen LogP contribution in [0.3, 0.4) is 0 Å². The average molecular weight is 352 g/mol. The first-order valence-corrected chi connectivity index (χ1v) is 8.97. The van der Waals surface area contributed by atoms with Gasteiger partial charge in [-0.2, -0.15) is 0 Å². The zero-order valence-corrected chi connectivity index (χ0v) is 15.2. The number of rotatable bonds is 5. The van der Waals surface area contributed by atoms with Gasteiger partial charge in [0.15, 0.2) is 6.10 Å². The van der Waals surface area contributed by atoms with E-state index in [0.29, 0.717) is 17.0 Å². The Morgan fingerprint density at radius 3 is 2.35 bits per heavy atom. The van der Waals surface area contributed by atoms with E-state index in [-0.39, 0.29) is 11.8 Å². The standard InChI is InChI=1S/C21H24N2O3/c1-15-7-3-4-8-19(15)26-16(2)20(24)22-18-11-9-17(10-12-18)21(25)23-13-5-6-14-23/h3-4,7-12,16H,5-6,13-14H2,1-2H3,(H,22,24)/t16-/m0/s1. The molecular weight excluding hydrogens is 328 g/mol. The number of aryl methyl sites for hydroxylation is 1. The van der Waals surface area contributed by atoms with Crippen molar-refractivity contribution in [3.63, 3.8) is 0 Å². The number of nitrogens with zero attached hydrogens (tertiary/aromatic N) is 1. The summed E-state index contributed by atoms with van der Waals surface area (Å²) in [4.78, 5) is 26.6. The number of amides is 2. The van der Waals surface area contributed by atoms with Crippen LogP contribution in [0.2, 0.25) is 0 Å². The Bertz CT molecular complexity index is 780. The molecule has 0 aliphatic carbocycles. The zero-order chi connectivity index (χ0) is 18.5. The first kappa shape index (κ1) is 18.0. The highest BCUT2D eigenvalue weighted by Gasteiger charge is 2.20. The number of carbonyl (C=O) groups excluding carboxylic acids is 2. The van der Waals surface area contributed by atoms with Crippen LogP contribution >= 0.6 is 0 Å². The third-order valence-corrected chi connectivity index (χ3v) is 4.56. The number of hydrogen-bond donors (Lipinski definition) is 1. The topological polar surface area (TPSA) is 58.6 Å². The fraction of sp³-hybridized carbons (Fsp3) is 0.333. The Kier molecular flexibility index (Phi) is 5.56. The van der Waals surface area contributed by atoms with Crippen molar-refractivity contribution in [2.75, 3.05) is 18.4 Å². The van der Waals surface area contributed by atoms with E-state index in [4.69, 9.17) is 4.74 Å². The Morgan fingerprint density at radius 1 is 1.04 bits per heavy atom. The molecule has 0 bridgehead atoms. The number of likely N-dealkylation sites (tertiary alicyclic amines) is 1. The van der Waals surface area contributed by atoms with E-state index in [0.717, 1.165) is 31.5 Å². The van der Waals surface area contributed by atoms with Crippen LogP contribution < -0.4 is 10.1 Å². The lowest BCUT2D eigenvalue weighted by Gasteiger charge is -2.17. The molecule has 1 aliphatic heterocycles. The molecule has 2 aromatic carbocycles. The van der Waals surface area contributed by atoms with Crippen LogP contribution in [0.5, 0.6) is 5.75 Å². The summed E-state index contributed by atoms with van der Waals surface area (Å²) in [5.74, 6) is 0.519. The Morgan fingerprint density at radius 2 is 1.69 bits per heavy atom. The van der Waals surface area contributed by atoms with Crippen molar-refractivity contribution in [1.82, 2.24) is 4.90 Å². The number of nitrogens with one attached hydrogen (secondary N) is 1. The smallest absolute Gasteiger partial charge is 0.265 e. The molecule has 0 aromatic heterocycles. The summed E-state index contributed by atoms with van der Waals surface area (Å²) < 4.78 is 5.74. The predicted octanol–water partition coefficient (Wildman–Crippen LogP) is 3.64. The lowest BCUT2D eigenvalue weighted by molar-refractivity contribution is -0.122. The van der Waals surface area contributed by atoms with Gasteiger partial charge in [-0.3, -0.25) is 9.59 Å². The highest BCUT2D eigenvalue weighted by molar-refractivity contribution is 5.97. The molecule has 1 fully saturated rings. The van der Waals surface area contributed by atoms with Crippen LogP contribution in [0.25, 0.3) is 0 Å². The Hall–Kier alpha value is -2.82. The Balaban J connectivity index is 1.58. The van der Waals surface area contributed by atoms with Gasteiger partial charge in [0, 0.05) is 24.3 Å². The van der Waals surface area contributed by atoms with Crippen molar-refractivity contribution in [1.29, 1.82) is 0 Å². The van der Waals surface area contributed by atoms with Crippen molar-refractivity contribution in [3.8, 4) is 5.75 Å². The van der Waals surface area contributed by atoms with Crippen LogP contribution in [-0.2, 0) is 4.79 Å². The average Bonchev–Trinajstić information content (AvgIpc) is 3.18. The molecule has 1 saturated heterocycles.